The Bertz CT molecular complexity index is 942. The van der Waals surface area contributed by atoms with Crippen LogP contribution in [-0.4, -0.2) is 27.6 Å². The predicted molar refractivity (Wildman–Crippen MR) is 106 cm³/mol. The maximum atomic E-state index is 12.6. The van der Waals surface area contributed by atoms with Crippen molar-refractivity contribution in [1.29, 1.82) is 0 Å². The minimum Gasteiger partial charge on any atom is -0.345 e. The average molecular weight is 395 g/mol. The monoisotopic (exact) mass is 394 g/mol. The molecule has 7 heteroatoms. The summed E-state index contributed by atoms with van der Waals surface area (Å²) in [5, 5.41) is 3.14. The van der Waals surface area contributed by atoms with Gasteiger partial charge in [-0.2, -0.15) is 0 Å². The molecule has 0 saturated heterocycles. The summed E-state index contributed by atoms with van der Waals surface area (Å²) in [5.74, 6) is -0.308. The summed E-state index contributed by atoms with van der Waals surface area (Å²) in [6.07, 6.45) is 1.10. The van der Waals surface area contributed by atoms with Crippen LogP contribution in [0.5, 0.6) is 0 Å². The smallest absolute Gasteiger partial charge is 0.253 e. The van der Waals surface area contributed by atoms with Crippen LogP contribution in [0.3, 0.4) is 0 Å². The molecule has 26 heavy (non-hydrogen) atoms. The molecule has 1 unspecified atom stereocenters. The number of hydrogen-bond acceptors (Lipinski definition) is 3. The van der Waals surface area contributed by atoms with Gasteiger partial charge < -0.3 is 5.32 Å². The van der Waals surface area contributed by atoms with Crippen molar-refractivity contribution in [1.82, 2.24) is 5.32 Å². The summed E-state index contributed by atoms with van der Waals surface area (Å²) < 4.78 is 24.4. The van der Waals surface area contributed by atoms with Gasteiger partial charge in [0, 0.05) is 7.05 Å². The molecule has 0 heterocycles. The van der Waals surface area contributed by atoms with E-state index in [9.17, 15) is 13.2 Å². The van der Waals surface area contributed by atoms with E-state index in [2.05, 4.69) is 5.32 Å². The van der Waals surface area contributed by atoms with E-state index in [0.29, 0.717) is 11.3 Å². The lowest BCUT2D eigenvalue weighted by molar-refractivity contribution is 0.0940. The summed E-state index contributed by atoms with van der Waals surface area (Å²) in [5.41, 5.74) is 3.96. The fourth-order valence-electron chi connectivity index (χ4n) is 2.65. The van der Waals surface area contributed by atoms with E-state index in [-0.39, 0.29) is 17.0 Å². The maximum absolute atomic E-state index is 12.6. The van der Waals surface area contributed by atoms with Gasteiger partial charge in [-0.05, 0) is 50.1 Å². The molecule has 0 bridgehead atoms. The molecule has 5 nitrogen and oxygen atoms in total. The third-order valence-corrected chi connectivity index (χ3v) is 5.83. The zero-order valence-electron chi connectivity index (χ0n) is 15.5. The van der Waals surface area contributed by atoms with Gasteiger partial charge in [0.25, 0.3) is 5.91 Å². The minimum atomic E-state index is -3.40. The van der Waals surface area contributed by atoms with E-state index in [1.165, 1.54) is 19.2 Å². The van der Waals surface area contributed by atoms with Crippen LogP contribution in [0.15, 0.2) is 36.4 Å². The van der Waals surface area contributed by atoms with Crippen LogP contribution in [-0.2, 0) is 10.0 Å². The number of sulfonamides is 1. The molecule has 0 aliphatic rings. The number of hydrogen-bond donors (Lipinski definition) is 1. The summed E-state index contributed by atoms with van der Waals surface area (Å²) in [4.78, 5) is 12.6. The molecule has 140 valence electrons. The molecule has 2 rings (SSSR count). The van der Waals surface area contributed by atoms with E-state index >= 15 is 0 Å². The SMILES string of the molecule is Cc1ccc(C)c(C(C)NC(=O)c2ccc(N(C)S(C)(=O)=O)cc2Cl)c1. The summed E-state index contributed by atoms with van der Waals surface area (Å²) in [6, 6.07) is 10.5. The Hall–Kier alpha value is -2.05. The van der Waals surface area contributed by atoms with Gasteiger partial charge in [0.2, 0.25) is 10.0 Å². The van der Waals surface area contributed by atoms with Gasteiger partial charge in [-0.15, -0.1) is 0 Å². The number of carbonyl (C=O) groups excluding carboxylic acids is 1. The Balaban J connectivity index is 2.23. The summed E-state index contributed by atoms with van der Waals surface area (Å²) >= 11 is 6.22. The van der Waals surface area contributed by atoms with Crippen molar-refractivity contribution >= 4 is 33.2 Å². The van der Waals surface area contributed by atoms with E-state index in [1.807, 2.05) is 39.0 Å². The van der Waals surface area contributed by atoms with Gasteiger partial charge in [-0.3, -0.25) is 9.10 Å². The topological polar surface area (TPSA) is 66.5 Å². The van der Waals surface area contributed by atoms with Crippen LogP contribution in [0.1, 0.15) is 40.0 Å². The van der Waals surface area contributed by atoms with E-state index in [1.54, 1.807) is 6.07 Å². The first-order chi connectivity index (χ1) is 12.0. The van der Waals surface area contributed by atoms with Crippen LogP contribution in [0, 0.1) is 13.8 Å². The number of nitrogens with zero attached hydrogens (tertiary/aromatic N) is 1. The first kappa shape index (κ1) is 20.3. The second-order valence-corrected chi connectivity index (χ2v) is 8.87. The third kappa shape index (κ3) is 4.56. The highest BCUT2D eigenvalue weighted by Crippen LogP contribution is 2.26. The molecule has 1 N–H and O–H groups in total. The number of halogens is 1. The summed E-state index contributed by atoms with van der Waals surface area (Å²) in [7, 11) is -1.96. The Morgan fingerprint density at radius 3 is 2.38 bits per heavy atom. The van der Waals surface area contributed by atoms with E-state index in [0.717, 1.165) is 27.3 Å². The van der Waals surface area contributed by atoms with Gasteiger partial charge in [0.1, 0.15) is 0 Å². The molecule has 0 saturated carbocycles. The van der Waals surface area contributed by atoms with Gasteiger partial charge in [0.05, 0.1) is 28.6 Å². The van der Waals surface area contributed by atoms with Crippen molar-refractivity contribution in [2.75, 3.05) is 17.6 Å². The molecule has 0 aliphatic heterocycles. The summed E-state index contributed by atoms with van der Waals surface area (Å²) in [6.45, 7) is 5.92. The lowest BCUT2D eigenvalue weighted by Crippen LogP contribution is -2.28. The van der Waals surface area contributed by atoms with Crippen LogP contribution < -0.4 is 9.62 Å². The van der Waals surface area contributed by atoms with Gasteiger partial charge >= 0.3 is 0 Å². The highest BCUT2D eigenvalue weighted by atomic mass is 35.5. The molecule has 1 atom stereocenters. The average Bonchev–Trinajstić information content (AvgIpc) is 2.55. The van der Waals surface area contributed by atoms with Crippen molar-refractivity contribution < 1.29 is 13.2 Å². The highest BCUT2D eigenvalue weighted by molar-refractivity contribution is 7.92. The number of benzene rings is 2. The first-order valence-electron chi connectivity index (χ1n) is 8.12. The number of aryl methyl sites for hydroxylation is 2. The minimum absolute atomic E-state index is 0.183. The number of anilines is 1. The quantitative estimate of drug-likeness (QED) is 0.837. The largest absolute Gasteiger partial charge is 0.345 e. The number of nitrogens with one attached hydrogen (secondary N) is 1. The van der Waals surface area contributed by atoms with Crippen molar-refractivity contribution in [3.8, 4) is 0 Å². The first-order valence-corrected chi connectivity index (χ1v) is 10.3. The van der Waals surface area contributed by atoms with Crippen LogP contribution in [0.25, 0.3) is 0 Å². The van der Waals surface area contributed by atoms with Gasteiger partial charge in [0.15, 0.2) is 0 Å². The van der Waals surface area contributed by atoms with E-state index in [4.69, 9.17) is 11.6 Å². The van der Waals surface area contributed by atoms with Crippen LogP contribution in [0.2, 0.25) is 5.02 Å². The molecule has 0 radical (unpaired) electrons. The highest BCUT2D eigenvalue weighted by Gasteiger charge is 2.18. The second-order valence-electron chi connectivity index (χ2n) is 6.45. The predicted octanol–water partition coefficient (Wildman–Crippen LogP) is 3.84. The second kappa shape index (κ2) is 7.68. The normalized spacial score (nSPS) is 12.5. The molecule has 0 aliphatic carbocycles. The zero-order valence-corrected chi connectivity index (χ0v) is 17.1. The molecule has 2 aromatic rings. The fourth-order valence-corrected chi connectivity index (χ4v) is 3.41. The lowest BCUT2D eigenvalue weighted by atomic mass is 9.99. The zero-order chi connectivity index (χ0) is 19.6. The Morgan fingerprint density at radius 2 is 1.81 bits per heavy atom. The molecular weight excluding hydrogens is 372 g/mol. The molecule has 1 amide bonds. The van der Waals surface area contributed by atoms with Crippen molar-refractivity contribution in [3.05, 3.63) is 63.7 Å². The van der Waals surface area contributed by atoms with Crippen LogP contribution in [0.4, 0.5) is 5.69 Å². The Morgan fingerprint density at radius 1 is 1.15 bits per heavy atom. The number of carbonyl (C=O) groups is 1. The Labute approximate surface area is 160 Å². The molecule has 0 aromatic heterocycles. The number of amides is 1. The molecule has 2 aromatic carbocycles. The standard InChI is InChI=1S/C19H23ClN2O3S/c1-12-6-7-13(2)17(10-12)14(3)21-19(23)16-9-8-15(11-18(16)20)22(4)26(5,24)25/h6-11,14H,1-5H3,(H,21,23). The lowest BCUT2D eigenvalue weighted by Gasteiger charge is -2.19. The molecular formula is C19H23ClN2O3S. The third-order valence-electron chi connectivity index (χ3n) is 4.31. The maximum Gasteiger partial charge on any atom is 0.253 e. The molecule has 0 spiro atoms. The Kier molecular flexibility index (Phi) is 5.98. The van der Waals surface area contributed by atoms with Gasteiger partial charge in [-0.1, -0.05) is 35.4 Å². The van der Waals surface area contributed by atoms with Crippen molar-refractivity contribution in [2.24, 2.45) is 0 Å². The number of rotatable bonds is 5. The fraction of sp³-hybridized carbons (Fsp3) is 0.316. The van der Waals surface area contributed by atoms with Gasteiger partial charge in [-0.25, -0.2) is 8.42 Å². The van der Waals surface area contributed by atoms with Crippen molar-refractivity contribution in [3.63, 3.8) is 0 Å². The van der Waals surface area contributed by atoms with Crippen LogP contribution >= 0.6 is 11.6 Å². The van der Waals surface area contributed by atoms with E-state index < -0.39 is 10.0 Å². The van der Waals surface area contributed by atoms with Crippen molar-refractivity contribution in [2.45, 2.75) is 26.8 Å². The molecule has 0 fully saturated rings.